The highest BCUT2D eigenvalue weighted by Crippen LogP contribution is 2.40. The van der Waals surface area contributed by atoms with Crippen LogP contribution in [-0.2, 0) is 9.53 Å². The number of ether oxygens (including phenoxy) is 1. The summed E-state index contributed by atoms with van der Waals surface area (Å²) in [7, 11) is 0. The highest BCUT2D eigenvalue weighted by Gasteiger charge is 2.46. The van der Waals surface area contributed by atoms with Gasteiger partial charge in [-0.3, -0.25) is 4.79 Å². The van der Waals surface area contributed by atoms with Crippen molar-refractivity contribution in [3.05, 3.63) is 0 Å². The van der Waals surface area contributed by atoms with E-state index >= 15 is 0 Å². The molecule has 3 aliphatic rings. The summed E-state index contributed by atoms with van der Waals surface area (Å²) in [6, 6.07) is 0.507. The Kier molecular flexibility index (Phi) is 3.81. The van der Waals surface area contributed by atoms with Gasteiger partial charge in [-0.15, -0.1) is 0 Å². The first-order chi connectivity index (χ1) is 9.27. The Labute approximate surface area is 115 Å². The largest absolute Gasteiger partial charge is 0.381 e. The van der Waals surface area contributed by atoms with Gasteiger partial charge in [0.05, 0.1) is 5.41 Å². The number of amides is 1. The van der Waals surface area contributed by atoms with Gasteiger partial charge in [-0.05, 0) is 44.4 Å². The molecule has 4 heteroatoms. The molecule has 108 valence electrons. The van der Waals surface area contributed by atoms with E-state index < -0.39 is 0 Å². The Balaban J connectivity index is 1.77. The van der Waals surface area contributed by atoms with Crippen molar-refractivity contribution in [2.45, 2.75) is 51.0 Å². The highest BCUT2D eigenvalue weighted by atomic mass is 16.5. The predicted octanol–water partition coefficient (Wildman–Crippen LogP) is 1.53. The zero-order chi connectivity index (χ0) is 13.3. The van der Waals surface area contributed by atoms with Crippen molar-refractivity contribution < 1.29 is 9.53 Å². The van der Waals surface area contributed by atoms with Crippen molar-refractivity contribution >= 4 is 5.91 Å². The molecule has 19 heavy (non-hydrogen) atoms. The summed E-state index contributed by atoms with van der Waals surface area (Å²) < 4.78 is 5.42. The molecule has 2 N–H and O–H groups in total. The summed E-state index contributed by atoms with van der Waals surface area (Å²) in [5, 5.41) is 0. The lowest BCUT2D eigenvalue weighted by Gasteiger charge is -2.44. The van der Waals surface area contributed by atoms with Crippen LogP contribution in [0, 0.1) is 11.3 Å². The first kappa shape index (κ1) is 13.4. The number of nitrogens with zero attached hydrogens (tertiary/aromatic N) is 1. The number of piperidine rings is 1. The second-order valence-corrected chi connectivity index (χ2v) is 6.50. The van der Waals surface area contributed by atoms with Gasteiger partial charge in [0, 0.05) is 32.3 Å². The molecule has 1 aliphatic carbocycles. The van der Waals surface area contributed by atoms with Gasteiger partial charge in [0.2, 0.25) is 5.91 Å². The quantitative estimate of drug-likeness (QED) is 0.824. The van der Waals surface area contributed by atoms with Gasteiger partial charge in [-0.2, -0.15) is 0 Å². The lowest BCUT2D eigenvalue weighted by Crippen LogP contribution is -2.56. The van der Waals surface area contributed by atoms with Gasteiger partial charge in [-0.25, -0.2) is 0 Å². The molecule has 0 aromatic rings. The van der Waals surface area contributed by atoms with E-state index in [1.54, 1.807) is 0 Å². The van der Waals surface area contributed by atoms with E-state index in [0.717, 1.165) is 25.3 Å². The standard InChI is InChI=1S/C15H26N2O2/c16-11-15(6-9-19-10-7-15)14(18)17-8-2-4-12-3-1-5-13(12)17/h12-13H,1-11,16H2. The fraction of sp³-hybridized carbons (Fsp3) is 0.933. The predicted molar refractivity (Wildman–Crippen MR) is 73.6 cm³/mol. The van der Waals surface area contributed by atoms with Gasteiger partial charge in [0.15, 0.2) is 0 Å². The number of carbonyl (C=O) groups is 1. The molecule has 2 unspecified atom stereocenters. The van der Waals surface area contributed by atoms with Gasteiger partial charge < -0.3 is 15.4 Å². The smallest absolute Gasteiger partial charge is 0.230 e. The number of hydrogen-bond donors (Lipinski definition) is 1. The molecule has 3 rings (SSSR count). The van der Waals surface area contributed by atoms with Crippen molar-refractivity contribution in [2.24, 2.45) is 17.1 Å². The fourth-order valence-electron chi connectivity index (χ4n) is 4.28. The van der Waals surface area contributed by atoms with Crippen LogP contribution in [0.4, 0.5) is 0 Å². The van der Waals surface area contributed by atoms with Crippen LogP contribution in [0.3, 0.4) is 0 Å². The van der Waals surface area contributed by atoms with Crippen LogP contribution in [0.15, 0.2) is 0 Å². The van der Waals surface area contributed by atoms with E-state index in [9.17, 15) is 4.79 Å². The summed E-state index contributed by atoms with van der Waals surface area (Å²) in [6.45, 7) is 2.79. The van der Waals surface area contributed by atoms with Crippen molar-refractivity contribution in [2.75, 3.05) is 26.3 Å². The van der Waals surface area contributed by atoms with E-state index in [-0.39, 0.29) is 5.41 Å². The monoisotopic (exact) mass is 266 g/mol. The number of fused-ring (bicyclic) bond motifs is 1. The molecular weight excluding hydrogens is 240 g/mol. The van der Waals surface area contributed by atoms with Crippen molar-refractivity contribution in [1.29, 1.82) is 0 Å². The number of hydrogen-bond acceptors (Lipinski definition) is 3. The van der Waals surface area contributed by atoms with Crippen LogP contribution in [-0.4, -0.2) is 43.2 Å². The molecule has 1 amide bonds. The molecule has 0 aromatic carbocycles. The molecule has 0 bridgehead atoms. The Morgan fingerprint density at radius 1 is 1.21 bits per heavy atom. The minimum absolute atomic E-state index is 0.329. The summed E-state index contributed by atoms with van der Waals surface area (Å²) in [5.74, 6) is 1.09. The third-order valence-electron chi connectivity index (χ3n) is 5.55. The van der Waals surface area contributed by atoms with Crippen molar-refractivity contribution in [1.82, 2.24) is 4.90 Å². The molecule has 2 saturated heterocycles. The summed E-state index contributed by atoms with van der Waals surface area (Å²) in [4.78, 5) is 15.2. The lowest BCUT2D eigenvalue weighted by molar-refractivity contribution is -0.152. The Morgan fingerprint density at radius 3 is 2.68 bits per heavy atom. The van der Waals surface area contributed by atoms with Gasteiger partial charge in [-0.1, -0.05) is 6.42 Å². The maximum Gasteiger partial charge on any atom is 0.230 e. The minimum Gasteiger partial charge on any atom is -0.381 e. The first-order valence-corrected chi connectivity index (χ1v) is 7.86. The van der Waals surface area contributed by atoms with Gasteiger partial charge in [0.25, 0.3) is 0 Å². The Morgan fingerprint density at radius 2 is 1.95 bits per heavy atom. The summed E-state index contributed by atoms with van der Waals surface area (Å²) in [5.41, 5.74) is 5.65. The second-order valence-electron chi connectivity index (χ2n) is 6.50. The third-order valence-corrected chi connectivity index (χ3v) is 5.55. The molecule has 0 radical (unpaired) electrons. The average Bonchev–Trinajstić information content (AvgIpc) is 2.95. The molecule has 2 aliphatic heterocycles. The maximum absolute atomic E-state index is 13.0. The fourth-order valence-corrected chi connectivity index (χ4v) is 4.28. The SMILES string of the molecule is NCC1(C(=O)N2CCCC3CCCC32)CCOCC1. The topological polar surface area (TPSA) is 55.6 Å². The molecule has 4 nitrogen and oxygen atoms in total. The zero-order valence-corrected chi connectivity index (χ0v) is 11.8. The number of nitrogens with two attached hydrogens (primary N) is 1. The van der Waals surface area contributed by atoms with E-state index in [0.29, 0.717) is 31.7 Å². The van der Waals surface area contributed by atoms with Crippen LogP contribution < -0.4 is 5.73 Å². The van der Waals surface area contributed by atoms with E-state index in [1.807, 2.05) is 0 Å². The Bertz CT molecular complexity index is 339. The van der Waals surface area contributed by atoms with Crippen LogP contribution in [0.25, 0.3) is 0 Å². The van der Waals surface area contributed by atoms with Crippen LogP contribution in [0.2, 0.25) is 0 Å². The maximum atomic E-state index is 13.0. The average molecular weight is 266 g/mol. The molecule has 0 spiro atoms. The number of carbonyl (C=O) groups excluding carboxylic acids is 1. The normalized spacial score (nSPS) is 34.1. The summed E-state index contributed by atoms with van der Waals surface area (Å²) >= 11 is 0. The molecule has 3 fully saturated rings. The molecule has 2 atom stereocenters. The van der Waals surface area contributed by atoms with Crippen LogP contribution >= 0.6 is 0 Å². The highest BCUT2D eigenvalue weighted by molar-refractivity contribution is 5.83. The van der Waals surface area contributed by atoms with E-state index in [4.69, 9.17) is 10.5 Å². The zero-order valence-electron chi connectivity index (χ0n) is 11.8. The summed E-state index contributed by atoms with van der Waals surface area (Å²) in [6.07, 6.45) is 7.89. The van der Waals surface area contributed by atoms with Crippen molar-refractivity contribution in [3.63, 3.8) is 0 Å². The van der Waals surface area contributed by atoms with E-state index in [2.05, 4.69) is 4.90 Å². The van der Waals surface area contributed by atoms with Crippen LogP contribution in [0.1, 0.15) is 44.9 Å². The third kappa shape index (κ3) is 2.29. The Hall–Kier alpha value is -0.610. The lowest BCUT2D eigenvalue weighted by atomic mass is 9.77. The van der Waals surface area contributed by atoms with Crippen LogP contribution in [0.5, 0.6) is 0 Å². The molecule has 0 aromatic heterocycles. The molecular formula is C15H26N2O2. The van der Waals surface area contributed by atoms with E-state index in [1.165, 1.54) is 32.1 Å². The number of rotatable bonds is 2. The molecule has 2 heterocycles. The number of likely N-dealkylation sites (tertiary alicyclic amines) is 1. The minimum atomic E-state index is -0.331. The van der Waals surface area contributed by atoms with Gasteiger partial charge >= 0.3 is 0 Å². The molecule has 1 saturated carbocycles. The van der Waals surface area contributed by atoms with Crippen molar-refractivity contribution in [3.8, 4) is 0 Å². The first-order valence-electron chi connectivity index (χ1n) is 7.86. The second kappa shape index (κ2) is 5.41. The van der Waals surface area contributed by atoms with Gasteiger partial charge in [0.1, 0.15) is 0 Å².